The number of carbonyl (C=O) groups is 1. The van der Waals surface area contributed by atoms with Gasteiger partial charge in [0, 0.05) is 51.0 Å². The van der Waals surface area contributed by atoms with Crippen molar-refractivity contribution in [2.24, 2.45) is 0 Å². The molecule has 3 aromatic heterocycles. The fourth-order valence-electron chi connectivity index (χ4n) is 3.60. The molecule has 4 heterocycles. The van der Waals surface area contributed by atoms with Crippen LogP contribution in [0.3, 0.4) is 0 Å². The molecule has 8 nitrogen and oxygen atoms in total. The third-order valence-electron chi connectivity index (χ3n) is 5.22. The van der Waals surface area contributed by atoms with Gasteiger partial charge < -0.3 is 14.8 Å². The van der Waals surface area contributed by atoms with E-state index >= 15 is 0 Å². The molecule has 0 saturated carbocycles. The minimum atomic E-state index is -0.378. The van der Waals surface area contributed by atoms with Crippen molar-refractivity contribution in [3.63, 3.8) is 0 Å². The molecule has 1 amide bonds. The van der Waals surface area contributed by atoms with E-state index in [1.807, 2.05) is 23.6 Å². The van der Waals surface area contributed by atoms with Crippen molar-refractivity contribution in [2.45, 2.75) is 32.7 Å². The summed E-state index contributed by atoms with van der Waals surface area (Å²) < 4.78 is 1.84. The van der Waals surface area contributed by atoms with Gasteiger partial charge in [-0.3, -0.25) is 14.6 Å². The topological polar surface area (TPSA) is 93.0 Å². The number of anilines is 1. The van der Waals surface area contributed by atoms with Gasteiger partial charge in [0.2, 0.25) is 11.4 Å². The Morgan fingerprint density at radius 1 is 1.21 bits per heavy atom. The highest BCUT2D eigenvalue weighted by Crippen LogP contribution is 2.18. The van der Waals surface area contributed by atoms with E-state index in [4.69, 9.17) is 0 Å². The molecule has 1 aliphatic rings. The van der Waals surface area contributed by atoms with E-state index in [1.165, 1.54) is 0 Å². The summed E-state index contributed by atoms with van der Waals surface area (Å²) in [6.45, 7) is 4.87. The minimum Gasteiger partial charge on any atom is -0.352 e. The van der Waals surface area contributed by atoms with Crippen LogP contribution in [0.5, 0.6) is 0 Å². The van der Waals surface area contributed by atoms with Crippen molar-refractivity contribution in [3.05, 3.63) is 58.3 Å². The van der Waals surface area contributed by atoms with Crippen molar-refractivity contribution in [2.75, 3.05) is 24.5 Å². The molecule has 4 rings (SSSR count). The number of nitrogens with zero attached hydrogens (tertiary/aromatic N) is 5. The van der Waals surface area contributed by atoms with E-state index in [1.54, 1.807) is 24.8 Å². The van der Waals surface area contributed by atoms with Gasteiger partial charge in [-0.1, -0.05) is 0 Å². The molecule has 0 unspecified atom stereocenters. The molecule has 0 bridgehead atoms. The predicted octanol–water partition coefficient (Wildman–Crippen LogP) is 1.78. The number of pyridine rings is 2. The van der Waals surface area contributed by atoms with Crippen LogP contribution in [0.4, 0.5) is 5.95 Å². The molecular formula is C21H24N6O2. The maximum atomic E-state index is 12.9. The Kier molecular flexibility index (Phi) is 5.50. The minimum absolute atomic E-state index is 0.117. The SMILES string of the molecule is CCn1cc(C(=O)NCCc2ccncc2)c(=O)c2cnc(N3CCCC3)nc21. The van der Waals surface area contributed by atoms with Crippen LogP contribution in [0.1, 0.15) is 35.7 Å². The number of aromatic nitrogens is 4. The first-order chi connectivity index (χ1) is 14.2. The van der Waals surface area contributed by atoms with Crippen LogP contribution in [-0.2, 0) is 13.0 Å². The third kappa shape index (κ3) is 3.96. The molecule has 1 saturated heterocycles. The van der Waals surface area contributed by atoms with Gasteiger partial charge in [0.15, 0.2) is 0 Å². The van der Waals surface area contributed by atoms with Crippen LogP contribution in [0.25, 0.3) is 11.0 Å². The van der Waals surface area contributed by atoms with E-state index in [0.717, 1.165) is 31.5 Å². The van der Waals surface area contributed by atoms with E-state index < -0.39 is 0 Å². The smallest absolute Gasteiger partial charge is 0.256 e. The molecule has 150 valence electrons. The fourth-order valence-corrected chi connectivity index (χ4v) is 3.60. The highest BCUT2D eigenvalue weighted by atomic mass is 16.2. The lowest BCUT2D eigenvalue weighted by atomic mass is 10.1. The molecule has 0 aromatic carbocycles. The lowest BCUT2D eigenvalue weighted by Gasteiger charge is -2.17. The van der Waals surface area contributed by atoms with Crippen molar-refractivity contribution in [3.8, 4) is 0 Å². The number of rotatable bonds is 6. The van der Waals surface area contributed by atoms with Gasteiger partial charge in [-0.05, 0) is 43.9 Å². The summed E-state index contributed by atoms with van der Waals surface area (Å²) >= 11 is 0. The standard InChI is InChI=1S/C21H24N6O2/c1-2-26-14-17(20(29)23-10-7-15-5-8-22-9-6-15)18(28)16-13-24-21(25-19(16)26)27-11-3-4-12-27/h5-6,8-9,13-14H,2-4,7,10-12H2,1H3,(H,23,29). The van der Waals surface area contributed by atoms with Crippen molar-refractivity contribution in [1.82, 2.24) is 24.8 Å². The average molecular weight is 392 g/mol. The monoisotopic (exact) mass is 392 g/mol. The van der Waals surface area contributed by atoms with E-state index in [-0.39, 0.29) is 16.9 Å². The van der Waals surface area contributed by atoms with Crippen LogP contribution >= 0.6 is 0 Å². The van der Waals surface area contributed by atoms with Crippen molar-refractivity contribution in [1.29, 1.82) is 0 Å². The average Bonchev–Trinajstić information content (AvgIpc) is 3.29. The van der Waals surface area contributed by atoms with Crippen molar-refractivity contribution < 1.29 is 4.79 Å². The maximum Gasteiger partial charge on any atom is 0.256 e. The van der Waals surface area contributed by atoms with Crippen LogP contribution in [0.15, 0.2) is 41.7 Å². The highest BCUT2D eigenvalue weighted by Gasteiger charge is 2.19. The summed E-state index contributed by atoms with van der Waals surface area (Å²) in [7, 11) is 0. The number of aryl methyl sites for hydroxylation is 1. The van der Waals surface area contributed by atoms with Gasteiger partial charge in [0.25, 0.3) is 5.91 Å². The zero-order valence-corrected chi connectivity index (χ0v) is 16.5. The second-order valence-electron chi connectivity index (χ2n) is 7.12. The molecule has 0 radical (unpaired) electrons. The second-order valence-corrected chi connectivity index (χ2v) is 7.12. The van der Waals surface area contributed by atoms with E-state index in [0.29, 0.717) is 36.5 Å². The molecule has 1 aliphatic heterocycles. The number of carbonyl (C=O) groups excluding carboxylic acids is 1. The Bertz CT molecular complexity index is 1070. The Hall–Kier alpha value is -3.29. The van der Waals surface area contributed by atoms with Crippen LogP contribution < -0.4 is 15.6 Å². The Labute approximate surface area is 168 Å². The second kappa shape index (κ2) is 8.38. The zero-order valence-electron chi connectivity index (χ0n) is 16.5. The zero-order chi connectivity index (χ0) is 20.2. The van der Waals surface area contributed by atoms with Gasteiger partial charge >= 0.3 is 0 Å². The van der Waals surface area contributed by atoms with E-state index in [9.17, 15) is 9.59 Å². The molecule has 3 aromatic rings. The fraction of sp³-hybridized carbons (Fsp3) is 0.381. The predicted molar refractivity (Wildman–Crippen MR) is 111 cm³/mol. The molecule has 0 atom stereocenters. The molecular weight excluding hydrogens is 368 g/mol. The molecule has 29 heavy (non-hydrogen) atoms. The van der Waals surface area contributed by atoms with Gasteiger partial charge in [-0.2, -0.15) is 4.98 Å². The Morgan fingerprint density at radius 2 is 1.97 bits per heavy atom. The molecule has 1 fully saturated rings. The summed E-state index contributed by atoms with van der Waals surface area (Å²) in [5.74, 6) is 0.267. The first kappa shape index (κ1) is 19.0. The van der Waals surface area contributed by atoms with Crippen molar-refractivity contribution >= 4 is 22.9 Å². The highest BCUT2D eigenvalue weighted by molar-refractivity contribution is 5.96. The lowest BCUT2D eigenvalue weighted by molar-refractivity contribution is 0.0952. The van der Waals surface area contributed by atoms with Gasteiger partial charge in [-0.25, -0.2) is 4.98 Å². The molecule has 1 N–H and O–H groups in total. The summed E-state index contributed by atoms with van der Waals surface area (Å²) in [6.07, 6.45) is 9.52. The largest absolute Gasteiger partial charge is 0.352 e. The van der Waals surface area contributed by atoms with Gasteiger partial charge in [0.05, 0.1) is 5.39 Å². The number of nitrogens with one attached hydrogen (secondary N) is 1. The van der Waals surface area contributed by atoms with Gasteiger partial charge in [0.1, 0.15) is 11.2 Å². The van der Waals surface area contributed by atoms with Crippen LogP contribution in [0.2, 0.25) is 0 Å². The number of hydrogen-bond acceptors (Lipinski definition) is 6. The third-order valence-corrected chi connectivity index (χ3v) is 5.22. The Morgan fingerprint density at radius 3 is 2.69 bits per heavy atom. The molecule has 8 heteroatoms. The summed E-state index contributed by atoms with van der Waals surface area (Å²) in [5, 5.41) is 3.21. The first-order valence-electron chi connectivity index (χ1n) is 9.99. The van der Waals surface area contributed by atoms with Crippen LogP contribution in [-0.4, -0.2) is 45.1 Å². The quantitative estimate of drug-likeness (QED) is 0.687. The maximum absolute atomic E-state index is 12.9. The summed E-state index contributed by atoms with van der Waals surface area (Å²) in [6, 6.07) is 3.81. The summed E-state index contributed by atoms with van der Waals surface area (Å²) in [5.41, 5.74) is 1.43. The summed E-state index contributed by atoms with van der Waals surface area (Å²) in [4.78, 5) is 40.7. The van der Waals surface area contributed by atoms with E-state index in [2.05, 4.69) is 25.2 Å². The molecule has 0 spiro atoms. The van der Waals surface area contributed by atoms with Gasteiger partial charge in [-0.15, -0.1) is 0 Å². The molecule has 0 aliphatic carbocycles. The Balaban J connectivity index is 1.59. The number of hydrogen-bond donors (Lipinski definition) is 1. The number of amides is 1. The number of fused-ring (bicyclic) bond motifs is 1. The first-order valence-corrected chi connectivity index (χ1v) is 9.99. The van der Waals surface area contributed by atoms with Crippen LogP contribution in [0, 0.1) is 0 Å². The lowest BCUT2D eigenvalue weighted by Crippen LogP contribution is -2.31. The normalized spacial score (nSPS) is 13.8.